The van der Waals surface area contributed by atoms with Gasteiger partial charge in [0.05, 0.1) is 11.5 Å². The number of amides is 1. The van der Waals surface area contributed by atoms with Gasteiger partial charge < -0.3 is 10.1 Å². The highest BCUT2D eigenvalue weighted by molar-refractivity contribution is 7.93. The molecule has 0 saturated heterocycles. The molecule has 7 nitrogen and oxygen atoms in total. The summed E-state index contributed by atoms with van der Waals surface area (Å²) in [6.45, 7) is 3.76. The molecule has 4 rings (SSSR count). The van der Waals surface area contributed by atoms with Crippen molar-refractivity contribution in [3.8, 4) is 5.75 Å². The molecule has 1 heterocycles. The molecule has 8 heteroatoms. The average Bonchev–Trinajstić information content (AvgIpc) is 2.83. The smallest absolute Gasteiger partial charge is 0.266 e. The summed E-state index contributed by atoms with van der Waals surface area (Å²) in [5.74, 6) is 0.371. The predicted molar refractivity (Wildman–Crippen MR) is 134 cm³/mol. The monoisotopic (exact) mass is 475 g/mol. The topological polar surface area (TPSA) is 88.6 Å². The van der Waals surface area contributed by atoms with Gasteiger partial charge in [0, 0.05) is 16.8 Å². The van der Waals surface area contributed by atoms with Gasteiger partial charge in [-0.05, 0) is 61.7 Å². The Morgan fingerprint density at radius 1 is 0.941 bits per heavy atom. The number of hydrogen-bond acceptors (Lipinski definition) is 5. The van der Waals surface area contributed by atoms with Crippen LogP contribution in [0, 0.1) is 6.92 Å². The van der Waals surface area contributed by atoms with E-state index in [1.54, 1.807) is 73.7 Å². The summed E-state index contributed by atoms with van der Waals surface area (Å²) < 4.78 is 34.2. The molecule has 34 heavy (non-hydrogen) atoms. The number of carbonyl (C=O) groups is 1. The van der Waals surface area contributed by atoms with E-state index in [9.17, 15) is 13.2 Å². The molecule has 0 spiro atoms. The summed E-state index contributed by atoms with van der Waals surface area (Å²) in [5, 5.41) is 4.13. The summed E-state index contributed by atoms with van der Waals surface area (Å²) in [6, 6.07) is 24.3. The molecule has 0 atom stereocenters. The quantitative estimate of drug-likeness (QED) is 0.396. The number of benzene rings is 3. The maximum Gasteiger partial charge on any atom is 0.266 e. The molecule has 0 radical (unpaired) electrons. The standard InChI is InChI=1S/C26H25N3O4S/c1-3-33-22-16-14-21(15-17-22)28-26(30)18-29(25-13-6-8-19(2)27-25)34(31,32)24-12-7-10-20-9-4-5-11-23(20)24/h4-17H,3,18H2,1-2H3,(H,28,30). The van der Waals surface area contributed by atoms with E-state index in [2.05, 4.69) is 10.3 Å². The van der Waals surface area contributed by atoms with Crippen LogP contribution in [0.5, 0.6) is 5.75 Å². The number of nitrogens with one attached hydrogen (secondary N) is 1. The molecule has 0 unspecified atom stereocenters. The number of sulfonamides is 1. The second kappa shape index (κ2) is 9.93. The normalized spacial score (nSPS) is 11.2. The zero-order valence-corrected chi connectivity index (χ0v) is 19.7. The fourth-order valence-corrected chi connectivity index (χ4v) is 5.22. The van der Waals surface area contributed by atoms with Crippen LogP contribution in [0.4, 0.5) is 11.5 Å². The second-order valence-corrected chi connectivity index (χ2v) is 9.46. The minimum atomic E-state index is -4.11. The lowest BCUT2D eigenvalue weighted by molar-refractivity contribution is -0.114. The Morgan fingerprint density at radius 2 is 1.65 bits per heavy atom. The lowest BCUT2D eigenvalue weighted by atomic mass is 10.1. The van der Waals surface area contributed by atoms with E-state index in [4.69, 9.17) is 4.74 Å². The van der Waals surface area contributed by atoms with Crippen molar-refractivity contribution in [1.29, 1.82) is 0 Å². The highest BCUT2D eigenvalue weighted by Crippen LogP contribution is 2.28. The van der Waals surface area contributed by atoms with Crippen molar-refractivity contribution in [2.75, 3.05) is 22.8 Å². The van der Waals surface area contributed by atoms with Crippen molar-refractivity contribution in [3.63, 3.8) is 0 Å². The molecule has 0 aliphatic carbocycles. The van der Waals surface area contributed by atoms with Crippen LogP contribution < -0.4 is 14.4 Å². The largest absolute Gasteiger partial charge is 0.494 e. The summed E-state index contributed by atoms with van der Waals surface area (Å²) in [6.07, 6.45) is 0. The Hall–Kier alpha value is -3.91. The number of pyridine rings is 1. The van der Waals surface area contributed by atoms with E-state index >= 15 is 0 Å². The molecule has 0 aliphatic rings. The molecule has 174 valence electrons. The minimum Gasteiger partial charge on any atom is -0.494 e. The molecule has 1 aromatic heterocycles. The Morgan fingerprint density at radius 3 is 2.38 bits per heavy atom. The number of carbonyl (C=O) groups excluding carboxylic acids is 1. The number of aryl methyl sites for hydroxylation is 1. The van der Waals surface area contributed by atoms with Gasteiger partial charge >= 0.3 is 0 Å². The van der Waals surface area contributed by atoms with Crippen LogP contribution in [0.15, 0.2) is 89.8 Å². The number of rotatable bonds is 8. The lowest BCUT2D eigenvalue weighted by Crippen LogP contribution is -2.38. The molecular formula is C26H25N3O4S. The number of fused-ring (bicyclic) bond motifs is 1. The van der Waals surface area contributed by atoms with E-state index < -0.39 is 22.5 Å². The number of anilines is 2. The number of ether oxygens (including phenoxy) is 1. The van der Waals surface area contributed by atoms with Crippen LogP contribution in [0.25, 0.3) is 10.8 Å². The molecule has 1 N–H and O–H groups in total. The first-order chi connectivity index (χ1) is 16.4. The van der Waals surface area contributed by atoms with Crippen LogP contribution in [-0.2, 0) is 14.8 Å². The zero-order valence-electron chi connectivity index (χ0n) is 18.9. The fraction of sp³-hybridized carbons (Fsp3) is 0.154. The van der Waals surface area contributed by atoms with Crippen molar-refractivity contribution >= 4 is 38.2 Å². The minimum absolute atomic E-state index is 0.114. The Bertz CT molecular complexity index is 1410. The van der Waals surface area contributed by atoms with Gasteiger partial charge in [0.15, 0.2) is 0 Å². The number of nitrogens with zero attached hydrogens (tertiary/aromatic N) is 2. The van der Waals surface area contributed by atoms with Gasteiger partial charge in [-0.25, -0.2) is 17.7 Å². The van der Waals surface area contributed by atoms with E-state index in [-0.39, 0.29) is 10.7 Å². The fourth-order valence-electron chi connectivity index (χ4n) is 3.63. The summed E-state index contributed by atoms with van der Waals surface area (Å²) in [7, 11) is -4.11. The first-order valence-electron chi connectivity index (χ1n) is 10.9. The molecule has 0 fully saturated rings. The Kier molecular flexibility index (Phi) is 6.79. The average molecular weight is 476 g/mol. The second-order valence-electron chi connectivity index (χ2n) is 7.63. The lowest BCUT2D eigenvalue weighted by Gasteiger charge is -2.24. The van der Waals surface area contributed by atoms with Gasteiger partial charge in [-0.2, -0.15) is 0 Å². The van der Waals surface area contributed by atoms with Gasteiger partial charge in [0.2, 0.25) is 5.91 Å². The van der Waals surface area contributed by atoms with Gasteiger partial charge in [0.25, 0.3) is 10.0 Å². The van der Waals surface area contributed by atoms with Crippen LogP contribution in [0.1, 0.15) is 12.6 Å². The van der Waals surface area contributed by atoms with Gasteiger partial charge in [-0.1, -0.05) is 42.5 Å². The Balaban J connectivity index is 1.69. The Labute approximate surface area is 199 Å². The van der Waals surface area contributed by atoms with Gasteiger partial charge in [0.1, 0.15) is 18.1 Å². The van der Waals surface area contributed by atoms with E-state index in [1.165, 1.54) is 0 Å². The highest BCUT2D eigenvalue weighted by Gasteiger charge is 2.29. The van der Waals surface area contributed by atoms with Crippen LogP contribution in [0.3, 0.4) is 0 Å². The molecule has 0 saturated carbocycles. The van der Waals surface area contributed by atoms with Crippen LogP contribution in [0.2, 0.25) is 0 Å². The van der Waals surface area contributed by atoms with E-state index in [0.29, 0.717) is 29.1 Å². The zero-order chi connectivity index (χ0) is 24.1. The van der Waals surface area contributed by atoms with Crippen molar-refractivity contribution in [3.05, 3.63) is 90.6 Å². The van der Waals surface area contributed by atoms with Gasteiger partial charge in [-0.15, -0.1) is 0 Å². The van der Waals surface area contributed by atoms with Crippen molar-refractivity contribution < 1.29 is 17.9 Å². The number of hydrogen-bond donors (Lipinski definition) is 1. The maximum atomic E-state index is 13.9. The van der Waals surface area contributed by atoms with E-state index in [1.807, 2.05) is 25.1 Å². The SMILES string of the molecule is CCOc1ccc(NC(=O)CN(c2cccc(C)n2)S(=O)(=O)c2cccc3ccccc23)cc1. The third-order valence-electron chi connectivity index (χ3n) is 5.18. The molecule has 3 aromatic carbocycles. The van der Waals surface area contributed by atoms with Crippen molar-refractivity contribution in [1.82, 2.24) is 4.98 Å². The van der Waals surface area contributed by atoms with E-state index in [0.717, 1.165) is 9.69 Å². The first-order valence-corrected chi connectivity index (χ1v) is 12.3. The molecule has 0 aliphatic heterocycles. The highest BCUT2D eigenvalue weighted by atomic mass is 32.2. The van der Waals surface area contributed by atoms with Crippen LogP contribution in [-0.4, -0.2) is 32.5 Å². The van der Waals surface area contributed by atoms with Crippen molar-refractivity contribution in [2.24, 2.45) is 0 Å². The molecular weight excluding hydrogens is 450 g/mol. The summed E-state index contributed by atoms with van der Waals surface area (Å²) in [4.78, 5) is 17.5. The maximum absolute atomic E-state index is 13.9. The van der Waals surface area contributed by atoms with Crippen molar-refractivity contribution in [2.45, 2.75) is 18.7 Å². The third-order valence-corrected chi connectivity index (χ3v) is 6.99. The van der Waals surface area contributed by atoms with Gasteiger partial charge in [-0.3, -0.25) is 4.79 Å². The first kappa shape index (κ1) is 23.3. The molecule has 0 bridgehead atoms. The van der Waals surface area contributed by atoms with Crippen LogP contribution >= 0.6 is 0 Å². The molecule has 4 aromatic rings. The molecule has 1 amide bonds. The summed E-state index contributed by atoms with van der Waals surface area (Å²) >= 11 is 0. The third kappa shape index (κ3) is 5.02. The number of aromatic nitrogens is 1. The summed E-state index contributed by atoms with van der Waals surface area (Å²) in [5.41, 5.74) is 1.18. The predicted octanol–water partition coefficient (Wildman–Crippen LogP) is 4.78.